The molecule has 3 heterocycles. The molecule has 0 radical (unpaired) electrons. The van der Waals surface area contributed by atoms with Gasteiger partial charge >= 0.3 is 5.97 Å². The van der Waals surface area contributed by atoms with E-state index in [0.29, 0.717) is 12.3 Å². The molecule has 1 aromatic carbocycles. The molecule has 1 N–H and O–H groups in total. The van der Waals surface area contributed by atoms with Crippen molar-refractivity contribution in [1.82, 2.24) is 9.80 Å². The zero-order valence-corrected chi connectivity index (χ0v) is 16.0. The first-order valence-electron chi connectivity index (χ1n) is 10.0. The summed E-state index contributed by atoms with van der Waals surface area (Å²) in [4.78, 5) is 28.2. The number of likely N-dealkylation sites (tertiary alicyclic amines) is 2. The summed E-state index contributed by atoms with van der Waals surface area (Å²) >= 11 is 0. The minimum Gasteiger partial charge on any atom is -0.478 e. The van der Waals surface area contributed by atoms with Crippen molar-refractivity contribution in [3.8, 4) is 0 Å². The highest BCUT2D eigenvalue weighted by Crippen LogP contribution is 2.28. The van der Waals surface area contributed by atoms with Crippen LogP contribution in [0, 0.1) is 0 Å². The van der Waals surface area contributed by atoms with Gasteiger partial charge in [-0.3, -0.25) is 9.69 Å². The van der Waals surface area contributed by atoms with E-state index in [1.807, 2.05) is 23.1 Å². The lowest BCUT2D eigenvalue weighted by atomic mass is 9.90. The summed E-state index contributed by atoms with van der Waals surface area (Å²) in [7, 11) is 0. The number of rotatable bonds is 5. The molecule has 2 aromatic rings. The number of carbonyl (C=O) groups excluding carboxylic acids is 1. The van der Waals surface area contributed by atoms with E-state index in [4.69, 9.17) is 9.52 Å². The van der Waals surface area contributed by atoms with Crippen LogP contribution in [0.25, 0.3) is 0 Å². The largest absolute Gasteiger partial charge is 0.478 e. The van der Waals surface area contributed by atoms with Crippen LogP contribution in [0.4, 0.5) is 0 Å². The molecule has 1 amide bonds. The molecule has 2 fully saturated rings. The number of hydrogen-bond donors (Lipinski definition) is 1. The van der Waals surface area contributed by atoms with Gasteiger partial charge < -0.3 is 14.4 Å². The molecule has 0 saturated carbocycles. The zero-order valence-electron chi connectivity index (χ0n) is 16.0. The summed E-state index contributed by atoms with van der Waals surface area (Å²) in [6, 6.07) is 10.7. The second-order valence-electron chi connectivity index (χ2n) is 7.77. The highest BCUT2D eigenvalue weighted by molar-refractivity contribution is 5.91. The number of amides is 1. The van der Waals surface area contributed by atoms with Gasteiger partial charge in [0.25, 0.3) is 5.91 Å². The van der Waals surface area contributed by atoms with E-state index >= 15 is 0 Å². The van der Waals surface area contributed by atoms with Crippen molar-refractivity contribution < 1.29 is 19.1 Å². The number of carbonyl (C=O) groups is 2. The zero-order chi connectivity index (χ0) is 19.5. The molecule has 0 unspecified atom stereocenters. The van der Waals surface area contributed by atoms with Gasteiger partial charge in [-0.15, -0.1) is 0 Å². The fraction of sp³-hybridized carbons (Fsp3) is 0.455. The lowest BCUT2D eigenvalue weighted by Crippen LogP contribution is -2.39. The fourth-order valence-corrected chi connectivity index (χ4v) is 4.23. The number of carboxylic acid groups (broad SMARTS) is 1. The first-order valence-corrected chi connectivity index (χ1v) is 10.0. The smallest absolute Gasteiger partial charge is 0.335 e. The van der Waals surface area contributed by atoms with Gasteiger partial charge in [0.1, 0.15) is 5.76 Å². The summed E-state index contributed by atoms with van der Waals surface area (Å²) in [5.74, 6) is 0.507. The minimum absolute atomic E-state index is 0.0560. The van der Waals surface area contributed by atoms with Gasteiger partial charge in [0.2, 0.25) is 0 Å². The van der Waals surface area contributed by atoms with Crippen LogP contribution < -0.4 is 0 Å². The lowest BCUT2D eigenvalue weighted by molar-refractivity contribution is 0.0670. The third kappa shape index (κ3) is 4.12. The highest BCUT2D eigenvalue weighted by atomic mass is 16.4. The van der Waals surface area contributed by atoms with Crippen molar-refractivity contribution in [1.29, 1.82) is 0 Å². The third-order valence-corrected chi connectivity index (χ3v) is 5.79. The van der Waals surface area contributed by atoms with Crippen molar-refractivity contribution in [2.75, 3.05) is 26.2 Å². The van der Waals surface area contributed by atoms with Gasteiger partial charge in [-0.2, -0.15) is 0 Å². The molecule has 0 bridgehead atoms. The molecule has 28 heavy (non-hydrogen) atoms. The van der Waals surface area contributed by atoms with Crippen molar-refractivity contribution in [3.63, 3.8) is 0 Å². The van der Waals surface area contributed by atoms with Crippen LogP contribution in [0.2, 0.25) is 0 Å². The van der Waals surface area contributed by atoms with Gasteiger partial charge in [-0.1, -0.05) is 12.1 Å². The predicted octanol–water partition coefficient (Wildman–Crippen LogP) is 3.59. The first-order chi connectivity index (χ1) is 13.6. The molecule has 148 valence electrons. The molecule has 2 saturated heterocycles. The molecule has 0 spiro atoms. The second kappa shape index (κ2) is 8.19. The Bertz CT molecular complexity index is 836. The van der Waals surface area contributed by atoms with Gasteiger partial charge in [0.15, 0.2) is 5.76 Å². The fourth-order valence-electron chi connectivity index (χ4n) is 4.23. The van der Waals surface area contributed by atoms with Crippen LogP contribution in [-0.2, 0) is 6.54 Å². The van der Waals surface area contributed by atoms with E-state index in [0.717, 1.165) is 50.3 Å². The summed E-state index contributed by atoms with van der Waals surface area (Å²) in [6.45, 7) is 4.32. The summed E-state index contributed by atoms with van der Waals surface area (Å²) in [6.07, 6.45) is 4.39. The van der Waals surface area contributed by atoms with Crippen LogP contribution in [0.15, 0.2) is 40.8 Å². The number of hydrogen-bond acceptors (Lipinski definition) is 4. The Balaban J connectivity index is 1.40. The molecular formula is C22H26N2O4. The van der Waals surface area contributed by atoms with Crippen LogP contribution >= 0.6 is 0 Å². The number of carboxylic acids is 1. The van der Waals surface area contributed by atoms with E-state index in [1.165, 1.54) is 12.8 Å². The average Bonchev–Trinajstić information content (AvgIpc) is 3.40. The van der Waals surface area contributed by atoms with E-state index < -0.39 is 5.97 Å². The summed E-state index contributed by atoms with van der Waals surface area (Å²) in [5, 5.41) is 9.05. The van der Waals surface area contributed by atoms with Crippen molar-refractivity contribution in [3.05, 3.63) is 59.0 Å². The molecule has 6 heteroatoms. The van der Waals surface area contributed by atoms with Crippen LogP contribution in [0.3, 0.4) is 0 Å². The summed E-state index contributed by atoms with van der Waals surface area (Å²) in [5.41, 5.74) is 1.37. The van der Waals surface area contributed by atoms with E-state index in [9.17, 15) is 9.59 Å². The monoisotopic (exact) mass is 382 g/mol. The highest BCUT2D eigenvalue weighted by Gasteiger charge is 2.27. The standard InChI is InChI=1S/C22H26N2O4/c25-21(20-10-9-19(28-20)15-23-11-1-2-12-23)24-13-3-4-18(14-24)16-5-7-17(8-6-16)22(26)27/h5-10,18H,1-4,11-15H2,(H,26,27)/t18-/m1/s1. The van der Waals surface area contributed by atoms with Gasteiger partial charge in [-0.05, 0) is 68.6 Å². The lowest BCUT2D eigenvalue weighted by Gasteiger charge is -2.32. The van der Waals surface area contributed by atoms with Gasteiger partial charge in [0, 0.05) is 19.0 Å². The number of aromatic carboxylic acids is 1. The Morgan fingerprint density at radius 1 is 1.00 bits per heavy atom. The molecule has 1 atom stereocenters. The molecule has 1 aromatic heterocycles. The number of benzene rings is 1. The van der Waals surface area contributed by atoms with Crippen LogP contribution in [-0.4, -0.2) is 53.0 Å². The quantitative estimate of drug-likeness (QED) is 0.855. The van der Waals surface area contributed by atoms with Crippen LogP contribution in [0.1, 0.15) is 63.8 Å². The SMILES string of the molecule is O=C(O)c1ccc([C@@H]2CCCN(C(=O)c3ccc(CN4CCCC4)o3)C2)cc1. The minimum atomic E-state index is -0.922. The maximum absolute atomic E-state index is 12.9. The first kappa shape index (κ1) is 18.7. The summed E-state index contributed by atoms with van der Waals surface area (Å²) < 4.78 is 5.85. The number of piperidine rings is 1. The molecule has 6 nitrogen and oxygen atoms in total. The Morgan fingerprint density at radius 2 is 1.75 bits per heavy atom. The molecule has 0 aliphatic carbocycles. The Kier molecular flexibility index (Phi) is 5.48. The number of nitrogens with zero attached hydrogens (tertiary/aromatic N) is 2. The number of furan rings is 1. The predicted molar refractivity (Wildman–Crippen MR) is 104 cm³/mol. The normalized spacial score (nSPS) is 20.4. The Labute approximate surface area is 164 Å². The topological polar surface area (TPSA) is 74.0 Å². The maximum atomic E-state index is 12.9. The Morgan fingerprint density at radius 3 is 2.46 bits per heavy atom. The van der Waals surface area contributed by atoms with E-state index in [1.54, 1.807) is 18.2 Å². The molecular weight excluding hydrogens is 356 g/mol. The van der Waals surface area contributed by atoms with Crippen LogP contribution in [0.5, 0.6) is 0 Å². The van der Waals surface area contributed by atoms with Crippen molar-refractivity contribution >= 4 is 11.9 Å². The van der Waals surface area contributed by atoms with Crippen molar-refractivity contribution in [2.45, 2.75) is 38.1 Å². The molecule has 4 rings (SSSR count). The van der Waals surface area contributed by atoms with E-state index in [2.05, 4.69) is 4.90 Å². The van der Waals surface area contributed by atoms with Gasteiger partial charge in [-0.25, -0.2) is 4.79 Å². The van der Waals surface area contributed by atoms with Gasteiger partial charge in [0.05, 0.1) is 12.1 Å². The second-order valence-corrected chi connectivity index (χ2v) is 7.77. The average molecular weight is 382 g/mol. The van der Waals surface area contributed by atoms with Crippen molar-refractivity contribution in [2.24, 2.45) is 0 Å². The molecule has 2 aliphatic rings. The Hall–Kier alpha value is -2.60. The van der Waals surface area contributed by atoms with E-state index in [-0.39, 0.29) is 17.4 Å². The molecule has 2 aliphatic heterocycles. The maximum Gasteiger partial charge on any atom is 0.335 e. The third-order valence-electron chi connectivity index (χ3n) is 5.79.